The van der Waals surface area contributed by atoms with Crippen LogP contribution < -0.4 is 5.32 Å². The minimum Gasteiger partial charge on any atom is -0.478 e. The molecule has 1 saturated carbocycles. The lowest BCUT2D eigenvalue weighted by Gasteiger charge is -2.31. The Labute approximate surface area is 121 Å². The molecule has 1 aromatic rings. The number of carbonyl (C=O) groups is 1. The van der Waals surface area contributed by atoms with Gasteiger partial charge in [0.2, 0.25) is 0 Å². The summed E-state index contributed by atoms with van der Waals surface area (Å²) >= 11 is 7.94. The van der Waals surface area contributed by atoms with Crippen LogP contribution in [0.5, 0.6) is 0 Å². The van der Waals surface area contributed by atoms with Crippen LogP contribution in [0.1, 0.15) is 36.0 Å². The monoisotopic (exact) mass is 300 g/mol. The summed E-state index contributed by atoms with van der Waals surface area (Å²) in [5.74, 6) is -0.548. The molecule has 2 atom stereocenters. The predicted molar refractivity (Wildman–Crippen MR) is 79.4 cm³/mol. The number of hydrogen-bond donors (Lipinski definition) is 2. The highest BCUT2D eigenvalue weighted by atomic mass is 35.5. The molecule has 104 valence electrons. The van der Waals surface area contributed by atoms with Gasteiger partial charge in [-0.15, -0.1) is 0 Å². The average Bonchev–Trinajstić information content (AvgIpc) is 2.41. The smallest absolute Gasteiger partial charge is 0.337 e. The van der Waals surface area contributed by atoms with Crippen molar-refractivity contribution >= 4 is 35.1 Å². The second kappa shape index (κ2) is 6.48. The van der Waals surface area contributed by atoms with Crippen molar-refractivity contribution in [2.45, 2.75) is 37.0 Å². The van der Waals surface area contributed by atoms with Crippen LogP contribution in [0.3, 0.4) is 0 Å². The highest BCUT2D eigenvalue weighted by Gasteiger charge is 2.25. The summed E-state index contributed by atoms with van der Waals surface area (Å²) in [7, 11) is 0. The molecular weight excluding hydrogens is 284 g/mol. The van der Waals surface area contributed by atoms with Gasteiger partial charge in [-0.3, -0.25) is 0 Å². The number of pyridine rings is 1. The number of aromatic carboxylic acids is 1. The molecule has 4 nitrogen and oxygen atoms in total. The number of hydrogen-bond acceptors (Lipinski definition) is 4. The maximum atomic E-state index is 11.0. The third-order valence-electron chi connectivity index (χ3n) is 3.45. The van der Waals surface area contributed by atoms with Gasteiger partial charge in [-0.25, -0.2) is 9.78 Å². The maximum Gasteiger partial charge on any atom is 0.337 e. The second-order valence-electron chi connectivity index (χ2n) is 4.64. The van der Waals surface area contributed by atoms with Gasteiger partial charge < -0.3 is 10.4 Å². The molecule has 0 aliphatic heterocycles. The van der Waals surface area contributed by atoms with E-state index in [0.717, 1.165) is 6.42 Å². The van der Waals surface area contributed by atoms with Gasteiger partial charge in [0.25, 0.3) is 0 Å². The molecule has 2 rings (SSSR count). The first-order chi connectivity index (χ1) is 9.13. The number of anilines is 1. The number of halogens is 1. The molecule has 0 spiro atoms. The van der Waals surface area contributed by atoms with Gasteiger partial charge in [0.15, 0.2) is 0 Å². The van der Waals surface area contributed by atoms with Crippen molar-refractivity contribution in [1.82, 2.24) is 4.98 Å². The largest absolute Gasteiger partial charge is 0.478 e. The van der Waals surface area contributed by atoms with E-state index in [1.54, 1.807) is 0 Å². The zero-order valence-corrected chi connectivity index (χ0v) is 12.3. The van der Waals surface area contributed by atoms with Crippen LogP contribution in [0, 0.1) is 0 Å². The van der Waals surface area contributed by atoms with Crippen LogP contribution in [0.15, 0.2) is 12.3 Å². The van der Waals surface area contributed by atoms with Gasteiger partial charge in [-0.1, -0.05) is 24.4 Å². The Morgan fingerprint density at radius 3 is 2.95 bits per heavy atom. The van der Waals surface area contributed by atoms with E-state index in [2.05, 4.69) is 16.6 Å². The zero-order valence-electron chi connectivity index (χ0n) is 10.7. The summed E-state index contributed by atoms with van der Waals surface area (Å²) in [6, 6.07) is 1.72. The minimum atomic E-state index is -1.03. The van der Waals surface area contributed by atoms with Gasteiger partial charge in [-0.05, 0) is 25.2 Å². The molecule has 2 unspecified atom stereocenters. The topological polar surface area (TPSA) is 62.2 Å². The number of thioether (sulfide) groups is 1. The molecule has 1 aliphatic carbocycles. The van der Waals surface area contributed by atoms with Crippen molar-refractivity contribution in [3.05, 3.63) is 22.8 Å². The van der Waals surface area contributed by atoms with Crippen molar-refractivity contribution < 1.29 is 9.90 Å². The lowest BCUT2D eigenvalue weighted by Crippen LogP contribution is -2.34. The molecule has 2 N–H and O–H groups in total. The predicted octanol–water partition coefficient (Wildman–Crippen LogP) is 3.52. The first-order valence-corrected chi connectivity index (χ1v) is 7.97. The van der Waals surface area contributed by atoms with E-state index in [0.29, 0.717) is 17.1 Å². The van der Waals surface area contributed by atoms with Crippen LogP contribution in [0.4, 0.5) is 5.82 Å². The standard InChI is InChI=1S/C13H17ClN2O2S/c1-19-10-5-3-2-4-9(10)16-12-11(14)8(13(17)18)6-7-15-12/h6-7,9-10H,2-5H2,1H3,(H,15,16)(H,17,18). The molecule has 0 amide bonds. The molecule has 0 saturated heterocycles. The maximum absolute atomic E-state index is 11.0. The first kappa shape index (κ1) is 14.5. The van der Waals surface area contributed by atoms with Crippen molar-refractivity contribution in [2.75, 3.05) is 11.6 Å². The molecule has 6 heteroatoms. The fourth-order valence-corrected chi connectivity index (χ4v) is 3.61. The van der Waals surface area contributed by atoms with Crippen LogP contribution in [0.2, 0.25) is 5.02 Å². The Balaban J connectivity index is 2.18. The molecule has 1 aliphatic rings. The summed E-state index contributed by atoms with van der Waals surface area (Å²) in [6.45, 7) is 0. The fraction of sp³-hybridized carbons (Fsp3) is 0.538. The minimum absolute atomic E-state index is 0.0932. The van der Waals surface area contributed by atoms with Crippen molar-refractivity contribution in [1.29, 1.82) is 0 Å². The quantitative estimate of drug-likeness (QED) is 0.891. The molecule has 0 bridgehead atoms. The van der Waals surface area contributed by atoms with Crippen LogP contribution in [0.25, 0.3) is 0 Å². The number of nitrogens with zero attached hydrogens (tertiary/aromatic N) is 1. The van der Waals surface area contributed by atoms with Gasteiger partial charge in [0.1, 0.15) is 5.82 Å². The number of aromatic nitrogens is 1. The number of rotatable bonds is 4. The Morgan fingerprint density at radius 2 is 2.26 bits per heavy atom. The van der Waals surface area contributed by atoms with E-state index in [1.807, 2.05) is 11.8 Å². The van der Waals surface area contributed by atoms with Gasteiger partial charge >= 0.3 is 5.97 Å². The van der Waals surface area contributed by atoms with E-state index < -0.39 is 5.97 Å². The second-order valence-corrected chi connectivity index (χ2v) is 6.09. The van der Waals surface area contributed by atoms with Crippen molar-refractivity contribution in [3.8, 4) is 0 Å². The fourth-order valence-electron chi connectivity index (χ4n) is 2.43. The first-order valence-electron chi connectivity index (χ1n) is 6.30. The Kier molecular flexibility index (Phi) is 4.93. The normalized spacial score (nSPS) is 23.1. The van der Waals surface area contributed by atoms with E-state index in [1.165, 1.54) is 31.5 Å². The van der Waals surface area contributed by atoms with E-state index in [9.17, 15) is 4.79 Å². The van der Waals surface area contributed by atoms with Gasteiger partial charge in [0, 0.05) is 17.5 Å². The summed E-state index contributed by atoms with van der Waals surface area (Å²) < 4.78 is 0. The SMILES string of the molecule is CSC1CCCCC1Nc1nccc(C(=O)O)c1Cl. The Bertz CT molecular complexity index is 470. The highest BCUT2D eigenvalue weighted by Crippen LogP contribution is 2.31. The summed E-state index contributed by atoms with van der Waals surface area (Å²) in [5.41, 5.74) is 0.0932. The van der Waals surface area contributed by atoms with E-state index in [4.69, 9.17) is 16.7 Å². The van der Waals surface area contributed by atoms with Crippen LogP contribution >= 0.6 is 23.4 Å². The lowest BCUT2D eigenvalue weighted by molar-refractivity contribution is 0.0697. The molecule has 0 aromatic carbocycles. The van der Waals surface area contributed by atoms with E-state index in [-0.39, 0.29) is 10.6 Å². The van der Waals surface area contributed by atoms with Gasteiger partial charge in [0.05, 0.1) is 10.6 Å². The van der Waals surface area contributed by atoms with Crippen LogP contribution in [-0.2, 0) is 0 Å². The number of carboxylic acids is 1. The number of nitrogens with one attached hydrogen (secondary N) is 1. The zero-order chi connectivity index (χ0) is 13.8. The molecular formula is C13H17ClN2O2S. The van der Waals surface area contributed by atoms with Crippen molar-refractivity contribution in [3.63, 3.8) is 0 Å². The van der Waals surface area contributed by atoms with Gasteiger partial charge in [-0.2, -0.15) is 11.8 Å². The van der Waals surface area contributed by atoms with Crippen LogP contribution in [-0.4, -0.2) is 33.6 Å². The summed E-state index contributed by atoms with van der Waals surface area (Å²) in [6.07, 6.45) is 8.27. The molecule has 19 heavy (non-hydrogen) atoms. The molecule has 0 radical (unpaired) electrons. The van der Waals surface area contributed by atoms with Crippen molar-refractivity contribution in [2.24, 2.45) is 0 Å². The highest BCUT2D eigenvalue weighted by molar-refractivity contribution is 7.99. The average molecular weight is 301 g/mol. The lowest BCUT2D eigenvalue weighted by atomic mass is 9.95. The van der Waals surface area contributed by atoms with E-state index >= 15 is 0 Å². The molecule has 1 aromatic heterocycles. The summed E-state index contributed by atoms with van der Waals surface area (Å²) in [4.78, 5) is 15.2. The third kappa shape index (κ3) is 3.34. The molecule has 1 fully saturated rings. The Morgan fingerprint density at radius 1 is 1.53 bits per heavy atom. The molecule has 1 heterocycles. The Hall–Kier alpha value is -0.940. The summed E-state index contributed by atoms with van der Waals surface area (Å²) in [5, 5.41) is 13.1. The third-order valence-corrected chi connectivity index (χ3v) is 5.00. The number of carboxylic acid groups (broad SMARTS) is 1.